The van der Waals surface area contributed by atoms with E-state index in [1.54, 1.807) is 24.3 Å². The molecule has 0 atom stereocenters. The molecule has 0 radical (unpaired) electrons. The lowest BCUT2D eigenvalue weighted by Crippen LogP contribution is -2.26. The molecule has 0 unspecified atom stereocenters. The van der Waals surface area contributed by atoms with Crippen LogP contribution in [0.25, 0.3) is 0 Å². The third-order valence-corrected chi connectivity index (χ3v) is 4.90. The van der Waals surface area contributed by atoms with Gasteiger partial charge in [-0.3, -0.25) is 0 Å². The summed E-state index contributed by atoms with van der Waals surface area (Å²) in [4.78, 5) is 15.2. The fraction of sp³-hybridized carbons (Fsp3) is 0.222. The Kier molecular flexibility index (Phi) is 5.39. The second-order valence-corrected chi connectivity index (χ2v) is 6.77. The molecule has 1 aliphatic rings. The second kappa shape index (κ2) is 7.51. The summed E-state index contributed by atoms with van der Waals surface area (Å²) in [6, 6.07) is 11.9. The summed E-state index contributed by atoms with van der Waals surface area (Å²) >= 11 is 17.4. The molecular formula is C18H15Cl2NO2S. The van der Waals surface area contributed by atoms with Gasteiger partial charge < -0.3 is 9.64 Å². The Hall–Kier alpha value is -1.62. The Bertz CT molecular complexity index is 771. The van der Waals surface area contributed by atoms with Gasteiger partial charge in [0.05, 0.1) is 10.6 Å². The Morgan fingerprint density at radius 2 is 1.71 bits per heavy atom. The number of ether oxygens (including phenoxy) is 1. The van der Waals surface area contributed by atoms with Gasteiger partial charge in [-0.1, -0.05) is 35.4 Å². The molecule has 0 aromatic heterocycles. The Morgan fingerprint density at radius 1 is 1.04 bits per heavy atom. The quantitative estimate of drug-likeness (QED) is 0.427. The van der Waals surface area contributed by atoms with Crippen molar-refractivity contribution in [3.63, 3.8) is 0 Å². The van der Waals surface area contributed by atoms with E-state index in [1.807, 2.05) is 12.1 Å². The molecule has 0 saturated carbocycles. The first-order valence-electron chi connectivity index (χ1n) is 7.61. The van der Waals surface area contributed by atoms with Crippen molar-refractivity contribution in [2.75, 3.05) is 13.1 Å². The first-order chi connectivity index (χ1) is 11.5. The molecule has 3 nitrogen and oxygen atoms in total. The normalized spacial score (nSPS) is 13.8. The number of halogens is 2. The molecular weight excluding hydrogens is 365 g/mol. The molecule has 1 fully saturated rings. The highest BCUT2D eigenvalue weighted by Gasteiger charge is 2.17. The van der Waals surface area contributed by atoms with Crippen LogP contribution in [0, 0.1) is 0 Å². The van der Waals surface area contributed by atoms with Crippen molar-refractivity contribution in [1.29, 1.82) is 0 Å². The predicted octanol–water partition coefficient (Wildman–Crippen LogP) is 4.98. The molecule has 1 heterocycles. The van der Waals surface area contributed by atoms with Crippen molar-refractivity contribution in [3.05, 3.63) is 63.6 Å². The van der Waals surface area contributed by atoms with Crippen LogP contribution < -0.4 is 4.74 Å². The maximum Gasteiger partial charge on any atom is 0.345 e. The van der Waals surface area contributed by atoms with Gasteiger partial charge in [-0.25, -0.2) is 4.79 Å². The number of esters is 1. The predicted molar refractivity (Wildman–Crippen MR) is 100 cm³/mol. The van der Waals surface area contributed by atoms with Crippen LogP contribution in [0.4, 0.5) is 0 Å². The molecule has 0 N–H and O–H groups in total. The van der Waals surface area contributed by atoms with E-state index in [0.29, 0.717) is 10.8 Å². The smallest absolute Gasteiger partial charge is 0.345 e. The van der Waals surface area contributed by atoms with Gasteiger partial charge in [-0.05, 0) is 55.3 Å². The van der Waals surface area contributed by atoms with Crippen LogP contribution in [-0.4, -0.2) is 28.9 Å². The number of likely N-dealkylation sites (tertiary alicyclic amines) is 1. The second-order valence-electron chi connectivity index (χ2n) is 5.54. The molecule has 6 heteroatoms. The lowest BCUT2D eigenvalue weighted by molar-refractivity contribution is 0.0735. The minimum absolute atomic E-state index is 0.263. The van der Waals surface area contributed by atoms with Crippen molar-refractivity contribution >= 4 is 46.4 Å². The lowest BCUT2D eigenvalue weighted by Gasteiger charge is -2.18. The summed E-state index contributed by atoms with van der Waals surface area (Å²) in [5, 5.41) is 0.732. The number of thiocarbonyl (C=S) groups is 1. The van der Waals surface area contributed by atoms with Gasteiger partial charge in [0.1, 0.15) is 10.7 Å². The van der Waals surface area contributed by atoms with Crippen molar-refractivity contribution < 1.29 is 9.53 Å². The first kappa shape index (κ1) is 17.2. The maximum absolute atomic E-state index is 12.2. The molecule has 2 aromatic carbocycles. The van der Waals surface area contributed by atoms with E-state index in [0.717, 1.165) is 23.6 Å². The minimum atomic E-state index is -0.522. The Balaban J connectivity index is 1.69. The van der Waals surface area contributed by atoms with Crippen LogP contribution >= 0.6 is 35.4 Å². The summed E-state index contributed by atoms with van der Waals surface area (Å²) in [5.41, 5.74) is 1.23. The molecule has 0 amide bonds. The number of hydrogen-bond acceptors (Lipinski definition) is 3. The number of carbonyl (C=O) groups is 1. The molecule has 124 valence electrons. The number of hydrogen-bond donors (Lipinski definition) is 0. The maximum atomic E-state index is 12.2. The zero-order valence-electron chi connectivity index (χ0n) is 12.8. The highest BCUT2D eigenvalue weighted by molar-refractivity contribution is 7.80. The Morgan fingerprint density at radius 3 is 2.33 bits per heavy atom. The topological polar surface area (TPSA) is 29.5 Å². The largest absolute Gasteiger partial charge is 0.423 e. The molecule has 24 heavy (non-hydrogen) atoms. The molecule has 1 saturated heterocycles. The monoisotopic (exact) mass is 379 g/mol. The van der Waals surface area contributed by atoms with Crippen LogP contribution in [0.1, 0.15) is 28.8 Å². The lowest BCUT2D eigenvalue weighted by atomic mass is 10.2. The summed E-state index contributed by atoms with van der Waals surface area (Å²) in [5.74, 6) is -0.0782. The first-order valence-corrected chi connectivity index (χ1v) is 8.77. The summed E-state index contributed by atoms with van der Waals surface area (Å²) in [7, 11) is 0. The van der Waals surface area contributed by atoms with E-state index in [-0.39, 0.29) is 10.6 Å². The molecule has 1 aliphatic heterocycles. The van der Waals surface area contributed by atoms with Crippen molar-refractivity contribution in [3.8, 4) is 5.75 Å². The molecule has 0 spiro atoms. The third-order valence-electron chi connectivity index (χ3n) is 3.86. The fourth-order valence-electron chi connectivity index (χ4n) is 2.59. The van der Waals surface area contributed by atoms with E-state index in [1.165, 1.54) is 18.9 Å². The summed E-state index contributed by atoms with van der Waals surface area (Å²) < 4.78 is 5.36. The van der Waals surface area contributed by atoms with E-state index >= 15 is 0 Å². The average Bonchev–Trinajstić information content (AvgIpc) is 3.09. The highest BCUT2D eigenvalue weighted by atomic mass is 35.5. The fourth-order valence-corrected chi connectivity index (χ4v) is 3.39. The highest BCUT2D eigenvalue weighted by Crippen LogP contribution is 2.23. The standard InChI is InChI=1S/C18H15Cl2NO2S/c19-13-5-8-15(16(20)11-13)18(22)23-14-6-3-12(4-7-14)17(24)21-9-1-2-10-21/h3-8,11H,1-2,9-10H2. The van der Waals surface area contributed by atoms with Crippen LogP contribution in [0.3, 0.4) is 0 Å². The van der Waals surface area contributed by atoms with Crippen LogP contribution in [0.15, 0.2) is 42.5 Å². The molecule has 3 rings (SSSR count). The van der Waals surface area contributed by atoms with Gasteiger partial charge in [0.2, 0.25) is 0 Å². The third kappa shape index (κ3) is 3.89. The van der Waals surface area contributed by atoms with Gasteiger partial charge in [-0.2, -0.15) is 0 Å². The molecule has 0 aliphatic carbocycles. The van der Waals surface area contributed by atoms with Crippen molar-refractivity contribution in [1.82, 2.24) is 4.90 Å². The van der Waals surface area contributed by atoms with Gasteiger partial charge in [0.25, 0.3) is 0 Å². The number of benzene rings is 2. The minimum Gasteiger partial charge on any atom is -0.423 e. The molecule has 0 bridgehead atoms. The van der Waals surface area contributed by atoms with E-state index in [4.69, 9.17) is 40.2 Å². The number of rotatable bonds is 3. The van der Waals surface area contributed by atoms with Crippen molar-refractivity contribution in [2.24, 2.45) is 0 Å². The number of carbonyl (C=O) groups excluding carboxylic acids is 1. The van der Waals surface area contributed by atoms with E-state index in [9.17, 15) is 4.79 Å². The van der Waals surface area contributed by atoms with Crippen LogP contribution in [0.2, 0.25) is 10.0 Å². The van der Waals surface area contributed by atoms with E-state index < -0.39 is 5.97 Å². The van der Waals surface area contributed by atoms with Crippen molar-refractivity contribution in [2.45, 2.75) is 12.8 Å². The Labute approximate surface area is 156 Å². The average molecular weight is 380 g/mol. The van der Waals surface area contributed by atoms with Gasteiger partial charge >= 0.3 is 5.97 Å². The summed E-state index contributed by atoms with van der Waals surface area (Å²) in [6.07, 6.45) is 2.36. The summed E-state index contributed by atoms with van der Waals surface area (Å²) in [6.45, 7) is 2.01. The van der Waals surface area contributed by atoms with Crippen LogP contribution in [-0.2, 0) is 0 Å². The van der Waals surface area contributed by atoms with Gasteiger partial charge in [-0.15, -0.1) is 0 Å². The number of nitrogens with zero attached hydrogens (tertiary/aromatic N) is 1. The van der Waals surface area contributed by atoms with Gasteiger partial charge in [0, 0.05) is 23.7 Å². The van der Waals surface area contributed by atoms with Crippen LogP contribution in [0.5, 0.6) is 5.75 Å². The SMILES string of the molecule is O=C(Oc1ccc(C(=S)N2CCCC2)cc1)c1ccc(Cl)cc1Cl. The zero-order valence-corrected chi connectivity index (χ0v) is 15.1. The zero-order chi connectivity index (χ0) is 17.1. The van der Waals surface area contributed by atoms with E-state index in [2.05, 4.69) is 4.90 Å². The van der Waals surface area contributed by atoms with Gasteiger partial charge in [0.15, 0.2) is 0 Å². The molecule has 2 aromatic rings.